The van der Waals surface area contributed by atoms with Crippen molar-refractivity contribution >= 4 is 0 Å². The molecule has 3 heteroatoms. The predicted molar refractivity (Wildman–Crippen MR) is 79.8 cm³/mol. The minimum Gasteiger partial charge on any atom is -0.329 e. The van der Waals surface area contributed by atoms with Crippen LogP contribution in [-0.2, 0) is 0 Å². The molecule has 0 aromatic heterocycles. The zero-order chi connectivity index (χ0) is 13.8. The van der Waals surface area contributed by atoms with E-state index >= 15 is 0 Å². The second kappa shape index (κ2) is 6.88. The number of hydrogen-bond acceptors (Lipinski definition) is 3. The van der Waals surface area contributed by atoms with Gasteiger partial charge in [0.15, 0.2) is 0 Å². The van der Waals surface area contributed by atoms with E-state index in [1.807, 2.05) is 0 Å². The predicted octanol–water partition coefficient (Wildman–Crippen LogP) is 2.17. The van der Waals surface area contributed by atoms with Crippen LogP contribution in [0.15, 0.2) is 0 Å². The first-order valence-electron chi connectivity index (χ1n) is 7.62. The van der Waals surface area contributed by atoms with Crippen LogP contribution in [0.2, 0.25) is 0 Å². The van der Waals surface area contributed by atoms with E-state index in [0.29, 0.717) is 6.04 Å². The number of rotatable bonds is 6. The van der Waals surface area contributed by atoms with Crippen LogP contribution >= 0.6 is 0 Å². The van der Waals surface area contributed by atoms with Crippen LogP contribution in [0.4, 0.5) is 0 Å². The molecule has 2 atom stereocenters. The maximum atomic E-state index is 6.08. The lowest BCUT2D eigenvalue weighted by Crippen LogP contribution is -2.61. The van der Waals surface area contributed by atoms with E-state index in [1.165, 1.54) is 39.0 Å². The molecule has 18 heavy (non-hydrogen) atoms. The molecular weight excluding hydrogens is 222 g/mol. The molecule has 1 rings (SSSR count). The molecule has 2 unspecified atom stereocenters. The molecule has 0 aromatic rings. The van der Waals surface area contributed by atoms with Crippen LogP contribution in [0.25, 0.3) is 0 Å². The Morgan fingerprint density at radius 2 is 2.00 bits per heavy atom. The number of nitrogens with two attached hydrogens (primary N) is 1. The van der Waals surface area contributed by atoms with Gasteiger partial charge in [0.05, 0.1) is 0 Å². The fourth-order valence-corrected chi connectivity index (χ4v) is 2.94. The number of nitrogens with zero attached hydrogens (tertiary/aromatic N) is 2. The molecule has 2 N–H and O–H groups in total. The summed E-state index contributed by atoms with van der Waals surface area (Å²) in [5.41, 5.74) is 6.27. The van der Waals surface area contributed by atoms with Gasteiger partial charge in [-0.1, -0.05) is 20.8 Å². The van der Waals surface area contributed by atoms with Crippen molar-refractivity contribution in [2.75, 3.05) is 32.7 Å². The number of likely N-dealkylation sites (N-methyl/N-ethyl adjacent to an activating group) is 1. The first kappa shape index (κ1) is 15.9. The van der Waals surface area contributed by atoms with E-state index < -0.39 is 0 Å². The highest BCUT2D eigenvalue weighted by atomic mass is 15.3. The van der Waals surface area contributed by atoms with E-state index in [4.69, 9.17) is 5.73 Å². The maximum absolute atomic E-state index is 6.08. The molecule has 1 heterocycles. The van der Waals surface area contributed by atoms with E-state index in [2.05, 4.69) is 44.4 Å². The molecule has 0 radical (unpaired) electrons. The Kier molecular flexibility index (Phi) is 6.09. The van der Waals surface area contributed by atoms with Gasteiger partial charge in [-0.3, -0.25) is 9.80 Å². The lowest BCUT2D eigenvalue weighted by Gasteiger charge is -2.48. The average molecular weight is 255 g/mol. The van der Waals surface area contributed by atoms with Crippen LogP contribution < -0.4 is 5.73 Å². The van der Waals surface area contributed by atoms with Crippen LogP contribution in [0.5, 0.6) is 0 Å². The Balaban J connectivity index is 2.60. The molecule has 1 fully saturated rings. The third-order valence-electron chi connectivity index (χ3n) is 4.63. The van der Waals surface area contributed by atoms with Crippen LogP contribution in [0.3, 0.4) is 0 Å². The molecule has 0 spiro atoms. The Bertz CT molecular complexity index is 242. The van der Waals surface area contributed by atoms with Gasteiger partial charge in [0.25, 0.3) is 0 Å². The molecule has 1 aliphatic rings. The molecule has 0 saturated carbocycles. The molecule has 3 nitrogen and oxygen atoms in total. The Morgan fingerprint density at radius 3 is 2.44 bits per heavy atom. The van der Waals surface area contributed by atoms with Gasteiger partial charge in [0, 0.05) is 37.8 Å². The van der Waals surface area contributed by atoms with Crippen LogP contribution in [-0.4, -0.2) is 54.1 Å². The minimum absolute atomic E-state index is 0.193. The van der Waals surface area contributed by atoms with Gasteiger partial charge in [-0.05, 0) is 39.2 Å². The van der Waals surface area contributed by atoms with Gasteiger partial charge >= 0.3 is 0 Å². The lowest BCUT2D eigenvalue weighted by molar-refractivity contribution is 0.0122. The zero-order valence-electron chi connectivity index (χ0n) is 13.1. The standard InChI is InChI=1S/C15H33N3/c1-6-17-9-10-18(11-14(17)4)15(5,12-16)8-7-13(2)3/h13-14H,6-12,16H2,1-5H3. The summed E-state index contributed by atoms with van der Waals surface area (Å²) in [4.78, 5) is 5.20. The minimum atomic E-state index is 0.193. The molecule has 1 aliphatic heterocycles. The lowest BCUT2D eigenvalue weighted by atomic mass is 9.89. The smallest absolute Gasteiger partial charge is 0.0304 e. The van der Waals surface area contributed by atoms with Crippen molar-refractivity contribution in [3.63, 3.8) is 0 Å². The number of piperazine rings is 1. The Morgan fingerprint density at radius 1 is 1.33 bits per heavy atom. The van der Waals surface area contributed by atoms with Gasteiger partial charge in [-0.25, -0.2) is 0 Å². The van der Waals surface area contributed by atoms with E-state index in [9.17, 15) is 0 Å². The van der Waals surface area contributed by atoms with Crippen molar-refractivity contribution in [1.29, 1.82) is 0 Å². The van der Waals surface area contributed by atoms with Crippen molar-refractivity contribution in [2.24, 2.45) is 11.7 Å². The summed E-state index contributed by atoms with van der Waals surface area (Å²) in [6.07, 6.45) is 2.50. The summed E-state index contributed by atoms with van der Waals surface area (Å²) in [6.45, 7) is 17.0. The Hall–Kier alpha value is -0.120. The fraction of sp³-hybridized carbons (Fsp3) is 1.00. The SMILES string of the molecule is CCN1CCN(C(C)(CN)CCC(C)C)CC1C. The molecular formula is C15H33N3. The third-order valence-corrected chi connectivity index (χ3v) is 4.63. The molecule has 0 aromatic carbocycles. The highest BCUT2D eigenvalue weighted by molar-refractivity contribution is 4.92. The van der Waals surface area contributed by atoms with Gasteiger partial charge in [0.1, 0.15) is 0 Å². The fourth-order valence-electron chi connectivity index (χ4n) is 2.94. The van der Waals surface area contributed by atoms with Gasteiger partial charge < -0.3 is 5.73 Å². The summed E-state index contributed by atoms with van der Waals surface area (Å²) in [6, 6.07) is 0.661. The van der Waals surface area contributed by atoms with Crippen molar-refractivity contribution in [3.8, 4) is 0 Å². The molecule has 0 amide bonds. The van der Waals surface area contributed by atoms with E-state index in [0.717, 1.165) is 12.5 Å². The van der Waals surface area contributed by atoms with Gasteiger partial charge in [-0.2, -0.15) is 0 Å². The molecule has 0 aliphatic carbocycles. The largest absolute Gasteiger partial charge is 0.329 e. The highest BCUT2D eigenvalue weighted by Crippen LogP contribution is 2.25. The number of hydrogen-bond donors (Lipinski definition) is 1. The second-order valence-corrected chi connectivity index (χ2v) is 6.56. The third kappa shape index (κ3) is 3.94. The van der Waals surface area contributed by atoms with Gasteiger partial charge in [0.2, 0.25) is 0 Å². The summed E-state index contributed by atoms with van der Waals surface area (Å²) in [5, 5.41) is 0. The average Bonchev–Trinajstić information content (AvgIpc) is 2.35. The van der Waals surface area contributed by atoms with Gasteiger partial charge in [-0.15, -0.1) is 0 Å². The van der Waals surface area contributed by atoms with Crippen molar-refractivity contribution in [2.45, 2.75) is 59.0 Å². The topological polar surface area (TPSA) is 32.5 Å². The summed E-state index contributed by atoms with van der Waals surface area (Å²) < 4.78 is 0. The zero-order valence-corrected chi connectivity index (χ0v) is 13.1. The summed E-state index contributed by atoms with van der Waals surface area (Å²) >= 11 is 0. The highest BCUT2D eigenvalue weighted by Gasteiger charge is 2.34. The normalized spacial score (nSPS) is 26.5. The van der Waals surface area contributed by atoms with E-state index in [1.54, 1.807) is 0 Å². The van der Waals surface area contributed by atoms with Crippen LogP contribution in [0, 0.1) is 5.92 Å². The van der Waals surface area contributed by atoms with E-state index in [-0.39, 0.29) is 5.54 Å². The summed E-state index contributed by atoms with van der Waals surface area (Å²) in [5.74, 6) is 0.769. The van der Waals surface area contributed by atoms with Crippen molar-refractivity contribution < 1.29 is 0 Å². The molecule has 0 bridgehead atoms. The monoisotopic (exact) mass is 255 g/mol. The van der Waals surface area contributed by atoms with Crippen molar-refractivity contribution in [3.05, 3.63) is 0 Å². The molecule has 1 saturated heterocycles. The quantitative estimate of drug-likeness (QED) is 0.789. The molecule has 108 valence electrons. The summed E-state index contributed by atoms with van der Waals surface area (Å²) in [7, 11) is 0. The van der Waals surface area contributed by atoms with Crippen molar-refractivity contribution in [1.82, 2.24) is 9.80 Å². The maximum Gasteiger partial charge on any atom is 0.0304 e. The first-order valence-corrected chi connectivity index (χ1v) is 7.62. The Labute approximate surface area is 114 Å². The second-order valence-electron chi connectivity index (χ2n) is 6.56. The van der Waals surface area contributed by atoms with Crippen LogP contribution in [0.1, 0.15) is 47.5 Å². The first-order chi connectivity index (χ1) is 8.42.